The summed E-state index contributed by atoms with van der Waals surface area (Å²) in [6.07, 6.45) is 2.01. The van der Waals surface area contributed by atoms with E-state index in [4.69, 9.17) is 10.2 Å². The van der Waals surface area contributed by atoms with Crippen LogP contribution in [0.1, 0.15) is 26.7 Å². The minimum absolute atomic E-state index is 0.108. The molecule has 4 nitrogen and oxygen atoms in total. The molecule has 2 rings (SSSR count). The van der Waals surface area contributed by atoms with E-state index in [1.165, 1.54) is 0 Å². The number of aliphatic hydroxyl groups excluding tert-OH is 2. The average Bonchev–Trinajstić information content (AvgIpc) is 2.28. The molecule has 0 amide bonds. The second-order valence-corrected chi connectivity index (χ2v) is 5.07. The molecule has 0 bridgehead atoms. The molecule has 4 heteroatoms. The third-order valence-corrected chi connectivity index (χ3v) is 3.57. The number of aliphatic hydroxyl groups is 2. The lowest BCUT2D eigenvalue weighted by molar-refractivity contribution is 0.0913. The quantitative estimate of drug-likeness (QED) is 0.471. The summed E-state index contributed by atoms with van der Waals surface area (Å²) in [5.74, 6) is 0.993. The zero-order valence-electron chi connectivity index (χ0n) is 10.4. The van der Waals surface area contributed by atoms with Gasteiger partial charge in [0.05, 0.1) is 12.2 Å². The first kappa shape index (κ1) is 13.9. The van der Waals surface area contributed by atoms with Crippen molar-refractivity contribution in [2.24, 2.45) is 11.8 Å². The largest absolute Gasteiger partial charge is 0.392 e. The van der Waals surface area contributed by atoms with Crippen LogP contribution >= 0.6 is 0 Å². The van der Waals surface area contributed by atoms with Gasteiger partial charge in [0, 0.05) is 13.1 Å². The maximum absolute atomic E-state index is 9.12. The van der Waals surface area contributed by atoms with Crippen molar-refractivity contribution in [3.8, 4) is 0 Å². The topological polar surface area (TPSA) is 64.5 Å². The van der Waals surface area contributed by atoms with E-state index in [2.05, 4.69) is 24.5 Å². The molecule has 0 unspecified atom stereocenters. The molecule has 96 valence electrons. The van der Waals surface area contributed by atoms with Crippen LogP contribution in [-0.4, -0.2) is 48.6 Å². The van der Waals surface area contributed by atoms with Gasteiger partial charge in [-0.05, 0) is 37.8 Å². The lowest BCUT2D eigenvalue weighted by Gasteiger charge is -2.24. The van der Waals surface area contributed by atoms with E-state index in [1.807, 2.05) is 0 Å². The van der Waals surface area contributed by atoms with Gasteiger partial charge in [-0.1, -0.05) is 13.8 Å². The summed E-state index contributed by atoms with van der Waals surface area (Å²) in [6, 6.07) is 0. The Balaban J connectivity index is 0.000000160. The van der Waals surface area contributed by atoms with Crippen LogP contribution in [0.15, 0.2) is 0 Å². The van der Waals surface area contributed by atoms with Crippen LogP contribution in [0.3, 0.4) is 0 Å². The molecular weight excluding hydrogens is 204 g/mol. The maximum atomic E-state index is 9.12. The van der Waals surface area contributed by atoms with Crippen molar-refractivity contribution >= 4 is 0 Å². The summed E-state index contributed by atoms with van der Waals surface area (Å²) in [4.78, 5) is 0. The van der Waals surface area contributed by atoms with Crippen LogP contribution in [0.2, 0.25) is 0 Å². The molecule has 4 atom stereocenters. The Bertz CT molecular complexity index is 150. The molecule has 0 aliphatic carbocycles. The van der Waals surface area contributed by atoms with Crippen LogP contribution in [0.5, 0.6) is 0 Å². The van der Waals surface area contributed by atoms with E-state index in [0.717, 1.165) is 39.0 Å². The van der Waals surface area contributed by atoms with E-state index < -0.39 is 0 Å². The number of piperidine rings is 2. The monoisotopic (exact) mass is 230 g/mol. The van der Waals surface area contributed by atoms with E-state index in [9.17, 15) is 0 Å². The SMILES string of the molecule is C[C@@H]1CCNC[C@@H]1O.C[C@H]1CCNC[C@H]1O. The van der Waals surface area contributed by atoms with Crippen molar-refractivity contribution in [3.63, 3.8) is 0 Å². The first-order valence-corrected chi connectivity index (χ1v) is 6.38. The Labute approximate surface area is 98.4 Å². The average molecular weight is 230 g/mol. The van der Waals surface area contributed by atoms with Gasteiger partial charge in [0.2, 0.25) is 0 Å². The van der Waals surface area contributed by atoms with Gasteiger partial charge in [-0.2, -0.15) is 0 Å². The predicted octanol–water partition coefficient (Wildman–Crippen LogP) is -0.0466. The van der Waals surface area contributed by atoms with Gasteiger partial charge in [0.15, 0.2) is 0 Å². The number of hydrogen-bond donors (Lipinski definition) is 4. The number of rotatable bonds is 0. The van der Waals surface area contributed by atoms with Crippen molar-refractivity contribution in [2.75, 3.05) is 26.2 Å². The predicted molar refractivity (Wildman–Crippen MR) is 65.3 cm³/mol. The van der Waals surface area contributed by atoms with Gasteiger partial charge >= 0.3 is 0 Å². The summed E-state index contributed by atoms with van der Waals surface area (Å²) >= 11 is 0. The van der Waals surface area contributed by atoms with Gasteiger partial charge in [-0.15, -0.1) is 0 Å². The molecule has 0 saturated carbocycles. The number of hydrogen-bond acceptors (Lipinski definition) is 4. The second-order valence-electron chi connectivity index (χ2n) is 5.07. The van der Waals surface area contributed by atoms with E-state index >= 15 is 0 Å². The van der Waals surface area contributed by atoms with Crippen molar-refractivity contribution in [1.82, 2.24) is 10.6 Å². The first-order valence-electron chi connectivity index (χ1n) is 6.38. The maximum Gasteiger partial charge on any atom is 0.0690 e. The van der Waals surface area contributed by atoms with Gasteiger partial charge in [-0.25, -0.2) is 0 Å². The van der Waals surface area contributed by atoms with Crippen LogP contribution in [0.4, 0.5) is 0 Å². The highest BCUT2D eigenvalue weighted by Gasteiger charge is 2.17. The van der Waals surface area contributed by atoms with Crippen molar-refractivity contribution in [3.05, 3.63) is 0 Å². The summed E-state index contributed by atoms with van der Waals surface area (Å²) in [6.45, 7) is 7.87. The van der Waals surface area contributed by atoms with E-state index in [-0.39, 0.29) is 12.2 Å². The Morgan fingerprint density at radius 1 is 0.812 bits per heavy atom. The molecule has 4 N–H and O–H groups in total. The first-order chi connectivity index (χ1) is 7.61. The molecule has 0 aromatic heterocycles. The van der Waals surface area contributed by atoms with Crippen molar-refractivity contribution < 1.29 is 10.2 Å². The summed E-state index contributed by atoms with van der Waals surface area (Å²) in [7, 11) is 0. The normalized spacial score (nSPS) is 39.8. The fourth-order valence-electron chi connectivity index (χ4n) is 1.95. The Morgan fingerprint density at radius 2 is 1.19 bits per heavy atom. The van der Waals surface area contributed by atoms with Crippen LogP contribution in [0.25, 0.3) is 0 Å². The fourth-order valence-corrected chi connectivity index (χ4v) is 1.95. The summed E-state index contributed by atoms with van der Waals surface area (Å²) < 4.78 is 0. The van der Waals surface area contributed by atoms with Gasteiger partial charge < -0.3 is 20.8 Å². The van der Waals surface area contributed by atoms with Gasteiger partial charge in [-0.3, -0.25) is 0 Å². The molecule has 0 radical (unpaired) electrons. The van der Waals surface area contributed by atoms with E-state index in [1.54, 1.807) is 0 Å². The summed E-state index contributed by atoms with van der Waals surface area (Å²) in [5.41, 5.74) is 0. The second kappa shape index (κ2) is 7.22. The van der Waals surface area contributed by atoms with Crippen molar-refractivity contribution in [1.29, 1.82) is 0 Å². The zero-order valence-corrected chi connectivity index (χ0v) is 10.4. The Kier molecular flexibility index (Phi) is 6.28. The highest BCUT2D eigenvalue weighted by atomic mass is 16.3. The third-order valence-electron chi connectivity index (χ3n) is 3.57. The standard InChI is InChI=1S/2C6H13NO/c2*1-5-2-3-7-4-6(5)8/h2*5-8H,2-4H2,1H3/t2*5-,6+/m10/s1. The zero-order chi connectivity index (χ0) is 12.0. The molecule has 2 aliphatic rings. The van der Waals surface area contributed by atoms with Crippen LogP contribution in [0, 0.1) is 11.8 Å². The minimum atomic E-state index is -0.108. The van der Waals surface area contributed by atoms with Crippen molar-refractivity contribution in [2.45, 2.75) is 38.9 Å². The van der Waals surface area contributed by atoms with Gasteiger partial charge in [0.1, 0.15) is 0 Å². The fraction of sp³-hybridized carbons (Fsp3) is 1.00. The molecular formula is C12H26N2O2. The van der Waals surface area contributed by atoms with Crippen LogP contribution < -0.4 is 10.6 Å². The molecule has 2 heterocycles. The summed E-state index contributed by atoms with van der Waals surface area (Å²) in [5, 5.41) is 24.5. The van der Waals surface area contributed by atoms with Crippen LogP contribution in [-0.2, 0) is 0 Å². The molecule has 2 aliphatic heterocycles. The number of nitrogens with one attached hydrogen (secondary N) is 2. The Hall–Kier alpha value is -0.160. The molecule has 0 aromatic rings. The minimum Gasteiger partial charge on any atom is -0.392 e. The lowest BCUT2D eigenvalue weighted by Crippen LogP contribution is -2.39. The molecule has 0 aromatic carbocycles. The van der Waals surface area contributed by atoms with E-state index in [0.29, 0.717) is 11.8 Å². The smallest absolute Gasteiger partial charge is 0.0690 e. The lowest BCUT2D eigenvalue weighted by atomic mass is 9.98. The van der Waals surface area contributed by atoms with Gasteiger partial charge in [0.25, 0.3) is 0 Å². The highest BCUT2D eigenvalue weighted by molar-refractivity contribution is 4.73. The molecule has 2 saturated heterocycles. The highest BCUT2D eigenvalue weighted by Crippen LogP contribution is 2.10. The molecule has 0 spiro atoms. The molecule has 2 fully saturated rings. The third kappa shape index (κ3) is 4.78. The Morgan fingerprint density at radius 3 is 1.38 bits per heavy atom. The number of β-amino-alcohol motifs (C(OH)–C–C–N with tert-alkyl or cyclic N) is 2. The molecule has 16 heavy (non-hydrogen) atoms.